The van der Waals surface area contributed by atoms with Crippen LogP contribution in [0.4, 0.5) is 5.69 Å². The van der Waals surface area contributed by atoms with E-state index < -0.39 is 0 Å². The average molecular weight is 495 g/mol. The van der Waals surface area contributed by atoms with Crippen molar-refractivity contribution in [2.75, 3.05) is 5.32 Å². The van der Waals surface area contributed by atoms with Crippen LogP contribution in [-0.2, 0) is 18.4 Å². The highest BCUT2D eigenvalue weighted by atomic mass is 16.2. The fourth-order valence-electron chi connectivity index (χ4n) is 5.52. The van der Waals surface area contributed by atoms with Crippen molar-refractivity contribution >= 4 is 33.5 Å². The second-order valence-electron chi connectivity index (χ2n) is 10.0. The molecular weight excluding hydrogens is 460 g/mol. The molecule has 0 bridgehead atoms. The molecule has 0 aliphatic carbocycles. The number of benzene rings is 3. The van der Waals surface area contributed by atoms with Crippen molar-refractivity contribution in [3.63, 3.8) is 0 Å². The number of fused-ring (bicyclic) bond motifs is 2. The Kier molecular flexibility index (Phi) is 6.74. The third kappa shape index (κ3) is 4.71. The summed E-state index contributed by atoms with van der Waals surface area (Å²) < 4.78 is 5.85. The lowest BCUT2D eigenvalue weighted by atomic mass is 10.1. The molecular formula is C31H34N4O2. The van der Waals surface area contributed by atoms with Crippen LogP contribution >= 0.6 is 0 Å². The molecule has 0 spiro atoms. The quantitative estimate of drug-likeness (QED) is 0.274. The van der Waals surface area contributed by atoms with Gasteiger partial charge in [0.25, 0.3) is 0 Å². The summed E-state index contributed by atoms with van der Waals surface area (Å²) in [6.45, 7) is 6.72. The lowest BCUT2D eigenvalue weighted by Crippen LogP contribution is -2.30. The lowest BCUT2D eigenvalue weighted by Gasteiger charge is -2.18. The van der Waals surface area contributed by atoms with Gasteiger partial charge >= 0.3 is 5.69 Å². The van der Waals surface area contributed by atoms with E-state index in [0.717, 1.165) is 46.2 Å². The highest BCUT2D eigenvalue weighted by Crippen LogP contribution is 2.28. The summed E-state index contributed by atoms with van der Waals surface area (Å²) in [6, 6.07) is 21.7. The maximum Gasteiger partial charge on any atom is 0.329 e. The summed E-state index contributed by atoms with van der Waals surface area (Å²) in [5, 5.41) is 4.18. The van der Waals surface area contributed by atoms with E-state index in [1.54, 1.807) is 0 Å². The summed E-state index contributed by atoms with van der Waals surface area (Å²) in [7, 11) is 2.04. The standard InChI is InChI=1S/C31H34N4O2/c1-5-10-25(18-29(36)32-24-12-7-6-8-13-24)35-28-17-21(2)15-16-26(28)34(31(35)37)20-23-19-33(4)27-14-9-11-22(3)30(23)27/h6-9,11-17,19,25H,5,10,18,20H2,1-4H3,(H,32,36). The number of aromatic nitrogens is 3. The number of para-hydroxylation sites is 1. The molecule has 5 aromatic rings. The van der Waals surface area contributed by atoms with E-state index in [4.69, 9.17) is 0 Å². The highest BCUT2D eigenvalue weighted by molar-refractivity contribution is 5.91. The predicted molar refractivity (Wildman–Crippen MR) is 151 cm³/mol. The molecule has 0 aliphatic rings. The number of carbonyl (C=O) groups is 1. The number of anilines is 1. The Morgan fingerprint density at radius 1 is 0.946 bits per heavy atom. The average Bonchev–Trinajstić information content (AvgIpc) is 3.33. The molecule has 1 unspecified atom stereocenters. The van der Waals surface area contributed by atoms with Gasteiger partial charge in [-0.05, 0) is 67.3 Å². The first kappa shape index (κ1) is 24.6. The zero-order chi connectivity index (χ0) is 26.1. The number of hydrogen-bond acceptors (Lipinski definition) is 2. The Labute approximate surface area is 217 Å². The maximum absolute atomic E-state index is 14.1. The molecule has 0 saturated heterocycles. The first-order chi connectivity index (χ1) is 17.9. The molecule has 0 saturated carbocycles. The van der Waals surface area contributed by atoms with Crippen LogP contribution in [0, 0.1) is 13.8 Å². The van der Waals surface area contributed by atoms with Crippen molar-refractivity contribution in [3.05, 3.63) is 100 Å². The number of rotatable bonds is 8. The minimum absolute atomic E-state index is 0.0721. The Morgan fingerprint density at radius 2 is 1.73 bits per heavy atom. The minimum atomic E-state index is -0.235. The molecule has 190 valence electrons. The molecule has 37 heavy (non-hydrogen) atoms. The molecule has 2 aromatic heterocycles. The summed E-state index contributed by atoms with van der Waals surface area (Å²) in [5.41, 5.74) is 7.02. The van der Waals surface area contributed by atoms with Gasteiger partial charge in [0.1, 0.15) is 0 Å². The SMILES string of the molecule is CCCC(CC(=O)Nc1ccccc1)n1c(=O)n(Cc2cn(C)c3cccc(C)c23)c2ccc(C)cc21. The summed E-state index contributed by atoms with van der Waals surface area (Å²) in [6.07, 6.45) is 3.97. The van der Waals surface area contributed by atoms with Gasteiger partial charge in [0, 0.05) is 42.3 Å². The third-order valence-corrected chi connectivity index (χ3v) is 7.21. The number of hydrogen-bond donors (Lipinski definition) is 1. The second kappa shape index (κ2) is 10.1. The Balaban J connectivity index is 1.58. The molecule has 6 heteroatoms. The smallest absolute Gasteiger partial charge is 0.329 e. The fourth-order valence-corrected chi connectivity index (χ4v) is 5.52. The van der Waals surface area contributed by atoms with Crippen LogP contribution in [0.25, 0.3) is 21.9 Å². The van der Waals surface area contributed by atoms with E-state index >= 15 is 0 Å². The Bertz CT molecular complexity index is 1640. The molecule has 5 rings (SSSR count). The number of aryl methyl sites for hydroxylation is 3. The van der Waals surface area contributed by atoms with Crippen molar-refractivity contribution in [3.8, 4) is 0 Å². The summed E-state index contributed by atoms with van der Waals surface area (Å²) in [4.78, 5) is 27.1. The van der Waals surface area contributed by atoms with Crippen molar-refractivity contribution in [2.24, 2.45) is 7.05 Å². The molecule has 0 aliphatic heterocycles. The topological polar surface area (TPSA) is 61.0 Å². The lowest BCUT2D eigenvalue weighted by molar-refractivity contribution is -0.117. The third-order valence-electron chi connectivity index (χ3n) is 7.21. The largest absolute Gasteiger partial charge is 0.350 e. The van der Waals surface area contributed by atoms with Crippen LogP contribution in [0.15, 0.2) is 77.7 Å². The van der Waals surface area contributed by atoms with Crippen LogP contribution in [0.3, 0.4) is 0 Å². The number of amides is 1. The van der Waals surface area contributed by atoms with Crippen molar-refractivity contribution in [2.45, 2.75) is 52.6 Å². The summed E-state index contributed by atoms with van der Waals surface area (Å²) in [5.74, 6) is -0.0882. The number of nitrogens with one attached hydrogen (secondary N) is 1. The zero-order valence-corrected chi connectivity index (χ0v) is 22.0. The molecule has 1 amide bonds. The van der Waals surface area contributed by atoms with Gasteiger partial charge in [-0.25, -0.2) is 4.79 Å². The molecule has 2 heterocycles. The van der Waals surface area contributed by atoms with Crippen LogP contribution in [0.5, 0.6) is 0 Å². The van der Waals surface area contributed by atoms with Gasteiger partial charge in [-0.15, -0.1) is 0 Å². The van der Waals surface area contributed by atoms with E-state index in [1.807, 2.05) is 65.6 Å². The molecule has 1 atom stereocenters. The van der Waals surface area contributed by atoms with Crippen LogP contribution in [-0.4, -0.2) is 19.6 Å². The van der Waals surface area contributed by atoms with E-state index in [9.17, 15) is 9.59 Å². The first-order valence-electron chi connectivity index (χ1n) is 13.0. The minimum Gasteiger partial charge on any atom is -0.350 e. The van der Waals surface area contributed by atoms with Crippen LogP contribution in [0.2, 0.25) is 0 Å². The van der Waals surface area contributed by atoms with Crippen molar-refractivity contribution in [1.29, 1.82) is 0 Å². The normalized spacial score (nSPS) is 12.3. The van der Waals surface area contributed by atoms with Crippen molar-refractivity contribution in [1.82, 2.24) is 13.7 Å². The number of imidazole rings is 1. The van der Waals surface area contributed by atoms with Gasteiger partial charge in [-0.1, -0.05) is 49.7 Å². The van der Waals surface area contributed by atoms with Gasteiger partial charge < -0.3 is 9.88 Å². The zero-order valence-electron chi connectivity index (χ0n) is 22.0. The maximum atomic E-state index is 14.1. The first-order valence-corrected chi connectivity index (χ1v) is 13.0. The Morgan fingerprint density at radius 3 is 2.49 bits per heavy atom. The Hall–Kier alpha value is -4.06. The molecule has 3 aromatic carbocycles. The van der Waals surface area contributed by atoms with E-state index in [-0.39, 0.29) is 24.1 Å². The van der Waals surface area contributed by atoms with Gasteiger partial charge in [-0.2, -0.15) is 0 Å². The van der Waals surface area contributed by atoms with E-state index in [0.29, 0.717) is 6.54 Å². The number of carbonyl (C=O) groups excluding carboxylic acids is 1. The van der Waals surface area contributed by atoms with Crippen LogP contribution in [0.1, 0.15) is 48.9 Å². The van der Waals surface area contributed by atoms with Gasteiger partial charge in [0.05, 0.1) is 17.6 Å². The fraction of sp³-hybridized carbons (Fsp3) is 0.290. The summed E-state index contributed by atoms with van der Waals surface area (Å²) >= 11 is 0. The van der Waals surface area contributed by atoms with E-state index in [1.165, 1.54) is 10.9 Å². The van der Waals surface area contributed by atoms with E-state index in [2.05, 4.69) is 54.2 Å². The monoisotopic (exact) mass is 494 g/mol. The molecule has 6 nitrogen and oxygen atoms in total. The van der Waals surface area contributed by atoms with Gasteiger partial charge in [0.15, 0.2) is 0 Å². The van der Waals surface area contributed by atoms with Crippen LogP contribution < -0.4 is 11.0 Å². The highest BCUT2D eigenvalue weighted by Gasteiger charge is 2.23. The number of nitrogens with zero attached hydrogens (tertiary/aromatic N) is 3. The second-order valence-corrected chi connectivity index (χ2v) is 10.0. The van der Waals surface area contributed by atoms with Gasteiger partial charge in [0.2, 0.25) is 5.91 Å². The molecule has 0 radical (unpaired) electrons. The predicted octanol–water partition coefficient (Wildman–Crippen LogP) is 6.33. The van der Waals surface area contributed by atoms with Crippen molar-refractivity contribution < 1.29 is 4.79 Å². The van der Waals surface area contributed by atoms with Gasteiger partial charge in [-0.3, -0.25) is 13.9 Å². The molecule has 1 N–H and O–H groups in total. The molecule has 0 fully saturated rings.